The van der Waals surface area contributed by atoms with Crippen molar-refractivity contribution < 1.29 is 4.79 Å². The fourth-order valence-corrected chi connectivity index (χ4v) is 2.48. The third-order valence-corrected chi connectivity index (χ3v) is 4.06. The van der Waals surface area contributed by atoms with Crippen LogP contribution in [0.5, 0.6) is 0 Å². The summed E-state index contributed by atoms with van der Waals surface area (Å²) in [6.07, 6.45) is 5.43. The second-order valence-electron chi connectivity index (χ2n) is 5.95. The molecule has 1 heterocycles. The highest BCUT2D eigenvalue weighted by atomic mass is 16.1. The summed E-state index contributed by atoms with van der Waals surface area (Å²) in [6.45, 7) is 9.05. The van der Waals surface area contributed by atoms with Gasteiger partial charge in [0.2, 0.25) is 5.91 Å². The predicted octanol–water partition coefficient (Wildman–Crippen LogP) is 0.942. The van der Waals surface area contributed by atoms with Gasteiger partial charge in [-0.2, -0.15) is 0 Å². The van der Waals surface area contributed by atoms with E-state index in [2.05, 4.69) is 32.8 Å². The van der Waals surface area contributed by atoms with E-state index in [1.165, 1.54) is 32.4 Å². The van der Waals surface area contributed by atoms with Gasteiger partial charge in [0, 0.05) is 39.1 Å². The Hall–Kier alpha value is -1.30. The number of aliphatic imine (C=N–C) groups is 1. The van der Waals surface area contributed by atoms with Crippen LogP contribution in [0.1, 0.15) is 46.0 Å². The van der Waals surface area contributed by atoms with Crippen LogP contribution >= 0.6 is 0 Å². The standard InChI is InChI=1S/C16H33N5O/c1-4-14(2)20-15(22)8-9-18-16(17-3)19-10-13-21-11-6-5-7-12-21/h14H,4-13H2,1-3H3,(H,20,22)(H2,17,18,19). The molecule has 0 radical (unpaired) electrons. The molecular weight excluding hydrogens is 278 g/mol. The molecule has 1 atom stereocenters. The highest BCUT2D eigenvalue weighted by molar-refractivity contribution is 5.81. The summed E-state index contributed by atoms with van der Waals surface area (Å²) in [6, 6.07) is 0.245. The Bertz CT molecular complexity index is 339. The van der Waals surface area contributed by atoms with E-state index in [4.69, 9.17) is 0 Å². The van der Waals surface area contributed by atoms with E-state index in [0.29, 0.717) is 13.0 Å². The van der Waals surface area contributed by atoms with Crippen LogP contribution in [0.3, 0.4) is 0 Å². The van der Waals surface area contributed by atoms with Crippen LogP contribution in [0.25, 0.3) is 0 Å². The van der Waals surface area contributed by atoms with Gasteiger partial charge in [0.25, 0.3) is 0 Å². The van der Waals surface area contributed by atoms with Crippen LogP contribution in [0.15, 0.2) is 4.99 Å². The summed E-state index contributed by atoms with van der Waals surface area (Å²) >= 11 is 0. The maximum Gasteiger partial charge on any atom is 0.221 e. The van der Waals surface area contributed by atoms with Gasteiger partial charge >= 0.3 is 0 Å². The number of carbonyl (C=O) groups excluding carboxylic acids is 1. The summed E-state index contributed by atoms with van der Waals surface area (Å²) in [5.41, 5.74) is 0. The number of piperidine rings is 1. The van der Waals surface area contributed by atoms with E-state index < -0.39 is 0 Å². The van der Waals surface area contributed by atoms with E-state index in [1.54, 1.807) is 7.05 Å². The summed E-state index contributed by atoms with van der Waals surface area (Å²) in [7, 11) is 1.76. The zero-order valence-corrected chi connectivity index (χ0v) is 14.5. The fraction of sp³-hybridized carbons (Fsp3) is 0.875. The van der Waals surface area contributed by atoms with Crippen LogP contribution in [-0.4, -0.2) is 62.6 Å². The molecule has 0 aromatic rings. The van der Waals surface area contributed by atoms with E-state index >= 15 is 0 Å². The zero-order chi connectivity index (χ0) is 16.2. The minimum absolute atomic E-state index is 0.0885. The van der Waals surface area contributed by atoms with E-state index in [9.17, 15) is 4.79 Å². The molecule has 0 bridgehead atoms. The molecule has 1 aliphatic heterocycles. The van der Waals surface area contributed by atoms with Crippen molar-refractivity contribution in [2.45, 2.75) is 52.0 Å². The van der Waals surface area contributed by atoms with Gasteiger partial charge in [0.15, 0.2) is 5.96 Å². The largest absolute Gasteiger partial charge is 0.356 e. The van der Waals surface area contributed by atoms with Crippen molar-refractivity contribution in [2.75, 3.05) is 39.8 Å². The number of nitrogens with zero attached hydrogens (tertiary/aromatic N) is 2. The first-order valence-corrected chi connectivity index (χ1v) is 8.62. The predicted molar refractivity (Wildman–Crippen MR) is 92.2 cm³/mol. The van der Waals surface area contributed by atoms with Crippen LogP contribution in [0.4, 0.5) is 0 Å². The third-order valence-electron chi connectivity index (χ3n) is 4.06. The number of rotatable bonds is 8. The summed E-state index contributed by atoms with van der Waals surface area (Å²) < 4.78 is 0. The lowest BCUT2D eigenvalue weighted by molar-refractivity contribution is -0.121. The molecule has 1 fully saturated rings. The molecule has 1 aliphatic rings. The first-order chi connectivity index (χ1) is 10.7. The minimum atomic E-state index is 0.0885. The topological polar surface area (TPSA) is 68.8 Å². The normalized spacial score (nSPS) is 17.9. The lowest BCUT2D eigenvalue weighted by atomic mass is 10.1. The van der Waals surface area contributed by atoms with Crippen LogP contribution in [0.2, 0.25) is 0 Å². The van der Waals surface area contributed by atoms with Gasteiger partial charge in [-0.15, -0.1) is 0 Å². The fourth-order valence-electron chi connectivity index (χ4n) is 2.48. The van der Waals surface area contributed by atoms with Crippen LogP contribution < -0.4 is 16.0 Å². The second-order valence-corrected chi connectivity index (χ2v) is 5.95. The molecule has 0 saturated carbocycles. The molecule has 1 saturated heterocycles. The van der Waals surface area contributed by atoms with Gasteiger partial charge in [0.05, 0.1) is 0 Å². The molecular formula is C16H33N5O. The first kappa shape index (κ1) is 18.7. The lowest BCUT2D eigenvalue weighted by Crippen LogP contribution is -2.43. The number of hydrogen-bond acceptors (Lipinski definition) is 3. The van der Waals surface area contributed by atoms with Crippen molar-refractivity contribution >= 4 is 11.9 Å². The van der Waals surface area contributed by atoms with Gasteiger partial charge in [-0.1, -0.05) is 13.3 Å². The Labute approximate surface area is 135 Å². The van der Waals surface area contributed by atoms with Crippen molar-refractivity contribution in [3.05, 3.63) is 0 Å². The summed E-state index contributed by atoms with van der Waals surface area (Å²) in [5, 5.41) is 9.46. The second kappa shape index (κ2) is 11.3. The molecule has 0 aliphatic carbocycles. The number of nitrogens with one attached hydrogen (secondary N) is 3. The Balaban J connectivity index is 2.10. The van der Waals surface area contributed by atoms with Crippen molar-refractivity contribution in [1.82, 2.24) is 20.9 Å². The van der Waals surface area contributed by atoms with Crippen molar-refractivity contribution in [2.24, 2.45) is 4.99 Å². The molecule has 0 aromatic heterocycles. The SMILES string of the molecule is CCC(C)NC(=O)CCNC(=NC)NCCN1CCCCC1. The maximum atomic E-state index is 11.7. The smallest absolute Gasteiger partial charge is 0.221 e. The zero-order valence-electron chi connectivity index (χ0n) is 14.5. The Kier molecular flexibility index (Phi) is 9.62. The molecule has 6 heteroatoms. The number of likely N-dealkylation sites (tertiary alicyclic amines) is 1. The van der Waals surface area contributed by atoms with Gasteiger partial charge < -0.3 is 20.9 Å². The monoisotopic (exact) mass is 311 g/mol. The molecule has 1 amide bonds. The molecule has 6 nitrogen and oxygen atoms in total. The van der Waals surface area contributed by atoms with Gasteiger partial charge in [0.1, 0.15) is 0 Å². The minimum Gasteiger partial charge on any atom is -0.356 e. The number of amides is 1. The molecule has 3 N–H and O–H groups in total. The first-order valence-electron chi connectivity index (χ1n) is 8.62. The molecule has 0 aromatic carbocycles. The van der Waals surface area contributed by atoms with Gasteiger partial charge in [-0.3, -0.25) is 9.79 Å². The quantitative estimate of drug-likeness (QED) is 0.461. The molecule has 1 unspecified atom stereocenters. The average Bonchev–Trinajstić information content (AvgIpc) is 2.54. The Morgan fingerprint density at radius 2 is 1.86 bits per heavy atom. The number of hydrogen-bond donors (Lipinski definition) is 3. The van der Waals surface area contributed by atoms with Crippen molar-refractivity contribution in [3.8, 4) is 0 Å². The number of guanidine groups is 1. The maximum absolute atomic E-state index is 11.7. The van der Waals surface area contributed by atoms with Gasteiger partial charge in [-0.05, 0) is 39.3 Å². The van der Waals surface area contributed by atoms with Gasteiger partial charge in [-0.25, -0.2) is 0 Å². The van der Waals surface area contributed by atoms with E-state index in [0.717, 1.165) is 25.5 Å². The van der Waals surface area contributed by atoms with Crippen molar-refractivity contribution in [1.29, 1.82) is 0 Å². The molecule has 128 valence electrons. The summed E-state index contributed by atoms with van der Waals surface area (Å²) in [4.78, 5) is 18.4. The average molecular weight is 311 g/mol. The van der Waals surface area contributed by atoms with Crippen molar-refractivity contribution in [3.63, 3.8) is 0 Å². The van der Waals surface area contributed by atoms with E-state index in [-0.39, 0.29) is 11.9 Å². The summed E-state index contributed by atoms with van der Waals surface area (Å²) in [5.74, 6) is 0.860. The lowest BCUT2D eigenvalue weighted by Gasteiger charge is -2.26. The molecule has 0 spiro atoms. The van der Waals surface area contributed by atoms with E-state index in [1.807, 2.05) is 6.92 Å². The molecule has 1 rings (SSSR count). The Morgan fingerprint density at radius 3 is 2.50 bits per heavy atom. The third kappa shape index (κ3) is 8.22. The Morgan fingerprint density at radius 1 is 1.18 bits per heavy atom. The highest BCUT2D eigenvalue weighted by Gasteiger charge is 2.09. The highest BCUT2D eigenvalue weighted by Crippen LogP contribution is 2.07. The molecule has 22 heavy (non-hydrogen) atoms. The van der Waals surface area contributed by atoms with Crippen LogP contribution in [0, 0.1) is 0 Å². The van der Waals surface area contributed by atoms with Crippen LogP contribution in [-0.2, 0) is 4.79 Å². The number of carbonyl (C=O) groups is 1.